The number of para-hydroxylation sites is 1. The highest BCUT2D eigenvalue weighted by Crippen LogP contribution is 2.22. The molecule has 0 bridgehead atoms. The van der Waals surface area contributed by atoms with Gasteiger partial charge in [0.2, 0.25) is 0 Å². The van der Waals surface area contributed by atoms with Gasteiger partial charge < -0.3 is 4.84 Å². The van der Waals surface area contributed by atoms with Gasteiger partial charge in [0.15, 0.2) is 5.75 Å². The molecule has 3 nitrogen and oxygen atoms in total. The summed E-state index contributed by atoms with van der Waals surface area (Å²) in [6.07, 6.45) is 0.965. The minimum absolute atomic E-state index is 0.761. The van der Waals surface area contributed by atoms with Crippen LogP contribution < -0.4 is 10.7 Å². The molecule has 0 saturated carbocycles. The van der Waals surface area contributed by atoms with Gasteiger partial charge in [-0.1, -0.05) is 23.4 Å². The fraction of sp³-hybridized carbons (Fsp3) is 0.250. The molecule has 0 fully saturated rings. The summed E-state index contributed by atoms with van der Waals surface area (Å²) >= 11 is 0. The Kier molecular flexibility index (Phi) is 1.52. The molecule has 2 N–H and O–H groups in total. The summed E-state index contributed by atoms with van der Waals surface area (Å²) in [5.74, 6) is 6.34. The van der Waals surface area contributed by atoms with Crippen molar-refractivity contribution in [3.63, 3.8) is 0 Å². The van der Waals surface area contributed by atoms with Gasteiger partial charge in [-0.2, -0.15) is 0 Å². The second-order valence-corrected chi connectivity index (χ2v) is 2.59. The van der Waals surface area contributed by atoms with E-state index in [0.717, 1.165) is 18.7 Å². The molecule has 2 rings (SSSR count). The number of nitrogens with zero attached hydrogens (tertiary/aromatic N) is 1. The normalized spacial score (nSPS) is 17.2. The van der Waals surface area contributed by atoms with Crippen LogP contribution in [0.3, 0.4) is 0 Å². The average molecular weight is 150 g/mol. The molecule has 1 aliphatic rings. The number of hydroxylamine groups is 1. The summed E-state index contributed by atoms with van der Waals surface area (Å²) in [6.45, 7) is 0.761. The summed E-state index contributed by atoms with van der Waals surface area (Å²) < 4.78 is 0. The number of benzene rings is 1. The number of fused-ring (bicyclic) bond motifs is 1. The van der Waals surface area contributed by atoms with Crippen molar-refractivity contribution >= 4 is 0 Å². The molecule has 1 aromatic carbocycles. The maximum Gasteiger partial charge on any atom is 0.152 e. The zero-order valence-corrected chi connectivity index (χ0v) is 6.16. The third-order valence-corrected chi connectivity index (χ3v) is 1.79. The highest BCUT2D eigenvalue weighted by molar-refractivity contribution is 5.34. The molecule has 58 valence electrons. The molecule has 0 amide bonds. The molecule has 0 aromatic heterocycles. The quantitative estimate of drug-likeness (QED) is 0.553. The van der Waals surface area contributed by atoms with E-state index >= 15 is 0 Å². The third kappa shape index (κ3) is 1.20. The molecule has 0 saturated heterocycles. The SMILES string of the molecule is NN1CCc2ccccc2O1. The Morgan fingerprint density at radius 2 is 2.18 bits per heavy atom. The molecule has 1 aliphatic heterocycles. The van der Waals surface area contributed by atoms with Crippen molar-refractivity contribution in [1.29, 1.82) is 0 Å². The first kappa shape index (κ1) is 6.64. The first-order valence-electron chi connectivity index (χ1n) is 3.64. The van der Waals surface area contributed by atoms with E-state index in [9.17, 15) is 0 Å². The number of hydrazine groups is 1. The van der Waals surface area contributed by atoms with Crippen LogP contribution in [0, 0.1) is 0 Å². The van der Waals surface area contributed by atoms with E-state index in [0.29, 0.717) is 0 Å². The van der Waals surface area contributed by atoms with E-state index in [2.05, 4.69) is 6.07 Å². The fourth-order valence-electron chi connectivity index (χ4n) is 1.20. The van der Waals surface area contributed by atoms with Gasteiger partial charge in [-0.15, -0.1) is 0 Å². The molecular formula is C8H10N2O. The Morgan fingerprint density at radius 1 is 1.36 bits per heavy atom. The summed E-state index contributed by atoms with van der Waals surface area (Å²) in [5, 5.41) is 1.36. The molecule has 0 aliphatic carbocycles. The zero-order chi connectivity index (χ0) is 7.68. The van der Waals surface area contributed by atoms with E-state index in [1.165, 1.54) is 10.7 Å². The van der Waals surface area contributed by atoms with Crippen molar-refractivity contribution in [3.05, 3.63) is 29.8 Å². The van der Waals surface area contributed by atoms with Crippen LogP contribution in [-0.2, 0) is 6.42 Å². The predicted molar refractivity (Wildman–Crippen MR) is 41.7 cm³/mol. The number of nitrogens with two attached hydrogens (primary N) is 1. The highest BCUT2D eigenvalue weighted by atomic mass is 16.7. The van der Waals surface area contributed by atoms with E-state index in [-0.39, 0.29) is 0 Å². The number of rotatable bonds is 0. The summed E-state index contributed by atoms with van der Waals surface area (Å²) in [7, 11) is 0. The van der Waals surface area contributed by atoms with Crippen LogP contribution in [-0.4, -0.2) is 11.7 Å². The van der Waals surface area contributed by atoms with Gasteiger partial charge in [0.25, 0.3) is 0 Å². The number of hydrogen-bond acceptors (Lipinski definition) is 3. The molecule has 3 heteroatoms. The van der Waals surface area contributed by atoms with E-state index < -0.39 is 0 Å². The lowest BCUT2D eigenvalue weighted by molar-refractivity contribution is -0.0704. The van der Waals surface area contributed by atoms with Crippen molar-refractivity contribution in [1.82, 2.24) is 5.17 Å². The molecule has 0 atom stereocenters. The molecule has 0 radical (unpaired) electrons. The van der Waals surface area contributed by atoms with Crippen molar-refractivity contribution < 1.29 is 4.84 Å². The second-order valence-electron chi connectivity index (χ2n) is 2.59. The highest BCUT2D eigenvalue weighted by Gasteiger charge is 2.12. The summed E-state index contributed by atoms with van der Waals surface area (Å²) in [6, 6.07) is 7.93. The lowest BCUT2D eigenvalue weighted by atomic mass is 10.1. The Balaban J connectivity index is 2.34. The largest absolute Gasteiger partial charge is 0.391 e. The van der Waals surface area contributed by atoms with Gasteiger partial charge in [0, 0.05) is 0 Å². The summed E-state index contributed by atoms with van der Waals surface area (Å²) in [4.78, 5) is 5.24. The Bertz CT molecular complexity index is 262. The lowest BCUT2D eigenvalue weighted by Gasteiger charge is -2.23. The van der Waals surface area contributed by atoms with Gasteiger partial charge in [-0.25, -0.2) is 5.84 Å². The van der Waals surface area contributed by atoms with Crippen molar-refractivity contribution in [2.24, 2.45) is 5.84 Å². The van der Waals surface area contributed by atoms with Crippen molar-refractivity contribution in [2.45, 2.75) is 6.42 Å². The number of hydrogen-bond donors (Lipinski definition) is 1. The Labute approximate surface area is 65.3 Å². The van der Waals surface area contributed by atoms with Crippen LogP contribution in [0.2, 0.25) is 0 Å². The molecular weight excluding hydrogens is 140 g/mol. The molecule has 11 heavy (non-hydrogen) atoms. The molecule has 1 aromatic rings. The summed E-state index contributed by atoms with van der Waals surface area (Å²) in [5.41, 5.74) is 1.23. The average Bonchev–Trinajstić information content (AvgIpc) is 2.04. The van der Waals surface area contributed by atoms with E-state index in [4.69, 9.17) is 10.7 Å². The molecule has 0 spiro atoms. The second kappa shape index (κ2) is 2.53. The van der Waals surface area contributed by atoms with E-state index in [1.54, 1.807) is 0 Å². The molecule has 1 heterocycles. The van der Waals surface area contributed by atoms with Crippen molar-refractivity contribution in [2.75, 3.05) is 6.54 Å². The Hall–Kier alpha value is -1.06. The van der Waals surface area contributed by atoms with Gasteiger partial charge in [-0.3, -0.25) is 0 Å². The lowest BCUT2D eigenvalue weighted by Crippen LogP contribution is -2.39. The Morgan fingerprint density at radius 3 is 3.09 bits per heavy atom. The van der Waals surface area contributed by atoms with Crippen LogP contribution in [0.15, 0.2) is 24.3 Å². The minimum Gasteiger partial charge on any atom is -0.391 e. The van der Waals surface area contributed by atoms with E-state index in [1.807, 2.05) is 18.2 Å². The first-order chi connectivity index (χ1) is 5.36. The smallest absolute Gasteiger partial charge is 0.152 e. The van der Waals surface area contributed by atoms with Crippen LogP contribution >= 0.6 is 0 Å². The maximum absolute atomic E-state index is 5.46. The van der Waals surface area contributed by atoms with Crippen LogP contribution in [0.25, 0.3) is 0 Å². The fourth-order valence-corrected chi connectivity index (χ4v) is 1.20. The molecule has 0 unspecified atom stereocenters. The zero-order valence-electron chi connectivity index (χ0n) is 6.16. The van der Waals surface area contributed by atoms with Crippen LogP contribution in [0.4, 0.5) is 0 Å². The van der Waals surface area contributed by atoms with Gasteiger partial charge in [-0.05, 0) is 18.1 Å². The van der Waals surface area contributed by atoms with Gasteiger partial charge in [0.05, 0.1) is 6.54 Å². The predicted octanol–water partition coefficient (Wildman–Crippen LogP) is 0.712. The van der Waals surface area contributed by atoms with Gasteiger partial charge in [0.1, 0.15) is 0 Å². The monoisotopic (exact) mass is 150 g/mol. The topological polar surface area (TPSA) is 38.5 Å². The first-order valence-corrected chi connectivity index (χ1v) is 3.64. The van der Waals surface area contributed by atoms with Gasteiger partial charge >= 0.3 is 0 Å². The van der Waals surface area contributed by atoms with Crippen LogP contribution in [0.1, 0.15) is 5.56 Å². The van der Waals surface area contributed by atoms with Crippen LogP contribution in [0.5, 0.6) is 5.75 Å². The minimum atomic E-state index is 0.761. The van der Waals surface area contributed by atoms with Crippen molar-refractivity contribution in [3.8, 4) is 5.75 Å². The standard InChI is InChI=1S/C8H10N2O/c9-10-6-5-7-3-1-2-4-8(7)11-10/h1-4H,5-6,9H2. The third-order valence-electron chi connectivity index (χ3n) is 1.79. The maximum atomic E-state index is 5.46.